The maximum atomic E-state index is 5.10. The number of aromatic nitrogens is 3. The van der Waals surface area contributed by atoms with Gasteiger partial charge < -0.3 is 4.57 Å². The quantitative estimate of drug-likeness (QED) is 0.181. The minimum Gasteiger partial charge on any atom is -0.309 e. The molecular formula is C54H37N3. The molecule has 3 aliphatic carbocycles. The zero-order chi connectivity index (χ0) is 37.5. The van der Waals surface area contributed by atoms with Crippen molar-refractivity contribution < 1.29 is 0 Å². The van der Waals surface area contributed by atoms with Crippen LogP contribution in [0.3, 0.4) is 0 Å². The maximum Gasteiger partial charge on any atom is 0.160 e. The summed E-state index contributed by atoms with van der Waals surface area (Å²) in [4.78, 5) is 10.1. The van der Waals surface area contributed by atoms with Gasteiger partial charge in [-0.2, -0.15) is 0 Å². The molecule has 0 amide bonds. The third-order valence-corrected chi connectivity index (χ3v) is 12.5. The van der Waals surface area contributed by atoms with Crippen molar-refractivity contribution in [3.05, 3.63) is 222 Å². The van der Waals surface area contributed by atoms with Crippen LogP contribution in [0, 0.1) is 0 Å². The van der Waals surface area contributed by atoms with Gasteiger partial charge in [0.15, 0.2) is 5.82 Å². The van der Waals surface area contributed by atoms with E-state index in [1.54, 1.807) is 0 Å². The van der Waals surface area contributed by atoms with Gasteiger partial charge in [-0.15, -0.1) is 0 Å². The lowest BCUT2D eigenvalue weighted by molar-refractivity contribution is 0.728. The van der Waals surface area contributed by atoms with Crippen molar-refractivity contribution in [3.63, 3.8) is 0 Å². The number of rotatable bonds is 4. The molecule has 0 bridgehead atoms. The zero-order valence-corrected chi connectivity index (χ0v) is 31.4. The summed E-state index contributed by atoms with van der Waals surface area (Å²) >= 11 is 0. The summed E-state index contributed by atoms with van der Waals surface area (Å²) in [5.41, 5.74) is 19.2. The molecule has 1 atom stereocenters. The summed E-state index contributed by atoms with van der Waals surface area (Å²) in [6, 6.07) is 54.8. The minimum atomic E-state index is -0.408. The van der Waals surface area contributed by atoms with E-state index in [0.29, 0.717) is 0 Å². The van der Waals surface area contributed by atoms with Crippen LogP contribution in [0.15, 0.2) is 210 Å². The molecule has 3 heterocycles. The van der Waals surface area contributed by atoms with E-state index in [-0.39, 0.29) is 0 Å². The van der Waals surface area contributed by atoms with Crippen LogP contribution in [0.4, 0.5) is 0 Å². The van der Waals surface area contributed by atoms with Crippen molar-refractivity contribution in [3.8, 4) is 50.7 Å². The highest BCUT2D eigenvalue weighted by Gasteiger charge is 2.52. The van der Waals surface area contributed by atoms with Gasteiger partial charge in [-0.25, -0.2) is 9.97 Å². The van der Waals surface area contributed by atoms with Crippen LogP contribution in [-0.4, -0.2) is 14.5 Å². The highest BCUT2D eigenvalue weighted by atomic mass is 15.0. The molecule has 12 rings (SSSR count). The standard InChI is InChI=1S/C54H37N3/c1-4-15-36(16-5-1)48-34-49(56-53(55-48)38-17-6-2-7-18-38)37-29-27-35(28-30-37)39-31-32-46-51(33-39)57-50-26-13-11-21-42(50)43-22-14-25-47(52(43)57)54(46)44-23-9-3-8-19-40(44)41-20-10-12-24-45(41)54/h1-2,4-9,11-19,21-34H,3,10,20H2. The number of hydrogen-bond acceptors (Lipinski definition) is 2. The highest BCUT2D eigenvalue weighted by Crippen LogP contribution is 2.62. The molecule has 0 saturated heterocycles. The van der Waals surface area contributed by atoms with Crippen molar-refractivity contribution in [2.75, 3.05) is 0 Å². The second kappa shape index (κ2) is 12.5. The van der Waals surface area contributed by atoms with E-state index in [1.165, 1.54) is 72.0 Å². The average molecular weight is 728 g/mol. The van der Waals surface area contributed by atoms with Crippen LogP contribution in [-0.2, 0) is 5.41 Å². The predicted octanol–water partition coefficient (Wildman–Crippen LogP) is 13.3. The van der Waals surface area contributed by atoms with Crippen LogP contribution in [0.25, 0.3) is 72.5 Å². The Kier molecular flexibility index (Phi) is 7.03. The van der Waals surface area contributed by atoms with Gasteiger partial charge in [0.25, 0.3) is 0 Å². The normalized spacial score (nSPS) is 17.7. The number of para-hydroxylation sites is 2. The molecule has 1 unspecified atom stereocenters. The first-order valence-electron chi connectivity index (χ1n) is 20.0. The number of benzene rings is 6. The van der Waals surface area contributed by atoms with Gasteiger partial charge in [0, 0.05) is 27.5 Å². The predicted molar refractivity (Wildman–Crippen MR) is 234 cm³/mol. The van der Waals surface area contributed by atoms with Gasteiger partial charge in [-0.3, -0.25) is 0 Å². The number of allylic oxidation sites excluding steroid dienone is 10. The van der Waals surface area contributed by atoms with Crippen LogP contribution in [0.2, 0.25) is 0 Å². The summed E-state index contributed by atoms with van der Waals surface area (Å²) in [6.07, 6.45) is 17.5. The second-order valence-corrected chi connectivity index (χ2v) is 15.5. The molecule has 0 saturated carbocycles. The molecule has 3 nitrogen and oxygen atoms in total. The third kappa shape index (κ3) is 4.66. The monoisotopic (exact) mass is 727 g/mol. The fourth-order valence-corrected chi connectivity index (χ4v) is 10.1. The second-order valence-electron chi connectivity index (χ2n) is 15.5. The molecule has 1 aliphatic heterocycles. The van der Waals surface area contributed by atoms with Crippen molar-refractivity contribution in [2.24, 2.45) is 0 Å². The topological polar surface area (TPSA) is 30.7 Å². The molecule has 1 spiro atoms. The van der Waals surface area contributed by atoms with E-state index in [4.69, 9.17) is 9.97 Å². The Labute approximate surface area is 332 Å². The van der Waals surface area contributed by atoms with E-state index in [2.05, 4.69) is 168 Å². The lowest BCUT2D eigenvalue weighted by atomic mass is 9.63. The van der Waals surface area contributed by atoms with Crippen LogP contribution < -0.4 is 0 Å². The molecule has 3 heteroatoms. The van der Waals surface area contributed by atoms with Crippen molar-refractivity contribution in [2.45, 2.75) is 24.7 Å². The Hall–Kier alpha value is -7.10. The largest absolute Gasteiger partial charge is 0.309 e. The summed E-state index contributed by atoms with van der Waals surface area (Å²) in [6.45, 7) is 0. The van der Waals surface area contributed by atoms with E-state index in [9.17, 15) is 0 Å². The first-order valence-corrected chi connectivity index (χ1v) is 20.0. The summed E-state index contributed by atoms with van der Waals surface area (Å²) in [5.74, 6) is 0.723. The first-order chi connectivity index (χ1) is 28.3. The lowest BCUT2D eigenvalue weighted by Crippen LogP contribution is -2.35. The molecule has 6 aromatic carbocycles. The fourth-order valence-electron chi connectivity index (χ4n) is 10.1. The van der Waals surface area contributed by atoms with Gasteiger partial charge in [0.05, 0.1) is 33.5 Å². The Morgan fingerprint density at radius 2 is 1.16 bits per heavy atom. The summed E-state index contributed by atoms with van der Waals surface area (Å²) < 4.78 is 2.55. The van der Waals surface area contributed by atoms with Crippen molar-refractivity contribution in [1.82, 2.24) is 14.5 Å². The van der Waals surface area contributed by atoms with Crippen molar-refractivity contribution in [1.29, 1.82) is 0 Å². The SMILES string of the molecule is C1=CC2=C(C=CC1)C1(C3=C2CCC=C3)c2ccc(-c3ccc(-c4cc(-c5ccccc5)nc(-c5ccccc5)n4)cc3)cc2-n2c3ccccc3c3cccc1c32. The number of fused-ring (bicyclic) bond motifs is 10. The van der Waals surface area contributed by atoms with E-state index < -0.39 is 5.41 Å². The van der Waals surface area contributed by atoms with Crippen molar-refractivity contribution >= 4 is 21.8 Å². The maximum absolute atomic E-state index is 5.10. The molecule has 0 radical (unpaired) electrons. The first kappa shape index (κ1) is 32.2. The zero-order valence-electron chi connectivity index (χ0n) is 31.4. The summed E-state index contributed by atoms with van der Waals surface area (Å²) in [5, 5.41) is 2.60. The number of nitrogens with zero attached hydrogens (tertiary/aromatic N) is 3. The molecular weight excluding hydrogens is 691 g/mol. The van der Waals surface area contributed by atoms with Crippen LogP contribution >= 0.6 is 0 Å². The molecule has 57 heavy (non-hydrogen) atoms. The molecule has 0 N–H and O–H groups in total. The van der Waals surface area contributed by atoms with Gasteiger partial charge in [-0.1, -0.05) is 170 Å². The Balaban J connectivity index is 1.05. The smallest absolute Gasteiger partial charge is 0.160 e. The van der Waals surface area contributed by atoms with Gasteiger partial charge in [0.1, 0.15) is 0 Å². The Morgan fingerprint density at radius 1 is 0.491 bits per heavy atom. The Morgan fingerprint density at radius 3 is 1.98 bits per heavy atom. The van der Waals surface area contributed by atoms with Gasteiger partial charge >= 0.3 is 0 Å². The van der Waals surface area contributed by atoms with E-state index in [1.807, 2.05) is 24.3 Å². The molecule has 2 aromatic heterocycles. The number of hydrogen-bond donors (Lipinski definition) is 0. The average Bonchev–Trinajstić information content (AvgIpc) is 3.63. The molecule has 8 aromatic rings. The Bertz CT molecular complexity index is 3060. The van der Waals surface area contributed by atoms with Gasteiger partial charge in [0.2, 0.25) is 0 Å². The highest BCUT2D eigenvalue weighted by molar-refractivity contribution is 6.12. The van der Waals surface area contributed by atoms with Gasteiger partial charge in [-0.05, 0) is 82.0 Å². The van der Waals surface area contributed by atoms with Crippen LogP contribution in [0.5, 0.6) is 0 Å². The molecule has 268 valence electrons. The minimum absolute atomic E-state index is 0.408. The fraction of sp³-hybridized carbons (Fsp3) is 0.0741. The van der Waals surface area contributed by atoms with Crippen LogP contribution in [0.1, 0.15) is 30.4 Å². The lowest BCUT2D eigenvalue weighted by Gasteiger charge is -2.41. The van der Waals surface area contributed by atoms with E-state index >= 15 is 0 Å². The van der Waals surface area contributed by atoms with E-state index in [0.717, 1.165) is 53.2 Å². The molecule has 4 aliphatic rings. The summed E-state index contributed by atoms with van der Waals surface area (Å²) in [7, 11) is 0. The molecule has 0 fully saturated rings. The third-order valence-electron chi connectivity index (χ3n) is 12.5.